The Morgan fingerprint density at radius 2 is 1.74 bits per heavy atom. The number of aryl methyl sites for hydroxylation is 1. The maximum Gasteiger partial charge on any atom is 0.258 e. The minimum Gasteiger partial charge on any atom is -0.338 e. The van der Waals surface area contributed by atoms with Crippen LogP contribution in [0.25, 0.3) is 0 Å². The quantitative estimate of drug-likeness (QED) is 0.808. The van der Waals surface area contributed by atoms with E-state index >= 15 is 0 Å². The van der Waals surface area contributed by atoms with Crippen LogP contribution >= 0.6 is 11.6 Å². The van der Waals surface area contributed by atoms with Gasteiger partial charge < -0.3 is 5.32 Å². The van der Waals surface area contributed by atoms with Crippen LogP contribution in [-0.2, 0) is 4.79 Å². The van der Waals surface area contributed by atoms with Gasteiger partial charge in [0.15, 0.2) is 0 Å². The summed E-state index contributed by atoms with van der Waals surface area (Å²) in [6.45, 7) is 1.95. The van der Waals surface area contributed by atoms with Crippen LogP contribution in [0.4, 0.5) is 0 Å². The van der Waals surface area contributed by atoms with Crippen molar-refractivity contribution in [1.29, 1.82) is 0 Å². The molecule has 2 aromatic carbocycles. The Hall–Kier alpha value is -2.37. The van der Waals surface area contributed by atoms with E-state index in [2.05, 4.69) is 16.2 Å². The molecule has 3 N–H and O–H groups in total. The fourth-order valence-electron chi connectivity index (χ4n) is 2.49. The highest BCUT2D eigenvalue weighted by atomic mass is 35.5. The standard InChI is InChI=1S/C17H16ClN3O2/c1-10-2-4-12(5-3-10)16(22)19-15-14(20-21-17(15)23)11-6-8-13(18)9-7-11/h2-9,14-15,20H,1H3,(H,19,22)(H,21,23)/t14-,15-/m0/s1. The second kappa shape index (κ2) is 6.40. The van der Waals surface area contributed by atoms with E-state index in [9.17, 15) is 9.59 Å². The number of carbonyl (C=O) groups excluding carboxylic acids is 2. The maximum atomic E-state index is 12.3. The first-order chi connectivity index (χ1) is 11.0. The summed E-state index contributed by atoms with van der Waals surface area (Å²) in [6, 6.07) is 13.3. The SMILES string of the molecule is Cc1ccc(C(=O)N[C@@H]2C(=O)NN[C@H]2c2ccc(Cl)cc2)cc1. The van der Waals surface area contributed by atoms with Gasteiger partial charge in [0.2, 0.25) is 0 Å². The zero-order chi connectivity index (χ0) is 16.4. The highest BCUT2D eigenvalue weighted by Crippen LogP contribution is 2.22. The van der Waals surface area contributed by atoms with Crippen LogP contribution in [0, 0.1) is 6.92 Å². The number of hydrogen-bond donors (Lipinski definition) is 3. The minimum atomic E-state index is -0.690. The highest BCUT2D eigenvalue weighted by molar-refractivity contribution is 6.30. The van der Waals surface area contributed by atoms with Crippen molar-refractivity contribution in [3.8, 4) is 0 Å². The van der Waals surface area contributed by atoms with Gasteiger partial charge in [0.25, 0.3) is 11.8 Å². The van der Waals surface area contributed by atoms with E-state index in [0.29, 0.717) is 10.6 Å². The summed E-state index contributed by atoms with van der Waals surface area (Å²) in [5, 5.41) is 3.40. The molecule has 1 saturated heterocycles. The molecule has 1 fully saturated rings. The summed E-state index contributed by atoms with van der Waals surface area (Å²) < 4.78 is 0. The number of hydrogen-bond acceptors (Lipinski definition) is 3. The van der Waals surface area contributed by atoms with Crippen LogP contribution in [0.3, 0.4) is 0 Å². The van der Waals surface area contributed by atoms with Crippen LogP contribution < -0.4 is 16.2 Å². The monoisotopic (exact) mass is 329 g/mol. The van der Waals surface area contributed by atoms with Crippen molar-refractivity contribution < 1.29 is 9.59 Å². The van der Waals surface area contributed by atoms with E-state index in [0.717, 1.165) is 11.1 Å². The molecule has 2 atom stereocenters. The van der Waals surface area contributed by atoms with Gasteiger partial charge in [-0.25, -0.2) is 5.43 Å². The van der Waals surface area contributed by atoms with Gasteiger partial charge in [-0.05, 0) is 36.8 Å². The van der Waals surface area contributed by atoms with Gasteiger partial charge in [-0.1, -0.05) is 41.4 Å². The third-order valence-electron chi connectivity index (χ3n) is 3.80. The van der Waals surface area contributed by atoms with Crippen molar-refractivity contribution in [3.63, 3.8) is 0 Å². The Balaban J connectivity index is 1.78. The first-order valence-corrected chi connectivity index (χ1v) is 7.61. The van der Waals surface area contributed by atoms with Gasteiger partial charge >= 0.3 is 0 Å². The number of amides is 2. The summed E-state index contributed by atoms with van der Waals surface area (Å²) in [5.41, 5.74) is 7.91. The third kappa shape index (κ3) is 3.36. The molecule has 0 radical (unpaired) electrons. The molecule has 118 valence electrons. The molecule has 1 heterocycles. The Bertz CT molecular complexity index is 729. The zero-order valence-corrected chi connectivity index (χ0v) is 13.2. The van der Waals surface area contributed by atoms with Crippen molar-refractivity contribution in [2.75, 3.05) is 0 Å². The maximum absolute atomic E-state index is 12.3. The number of nitrogens with one attached hydrogen (secondary N) is 3. The van der Waals surface area contributed by atoms with Crippen molar-refractivity contribution in [1.82, 2.24) is 16.2 Å². The zero-order valence-electron chi connectivity index (χ0n) is 12.5. The summed E-state index contributed by atoms with van der Waals surface area (Å²) in [4.78, 5) is 24.4. The topological polar surface area (TPSA) is 70.2 Å². The fourth-order valence-corrected chi connectivity index (χ4v) is 2.61. The Morgan fingerprint density at radius 3 is 2.39 bits per heavy atom. The van der Waals surface area contributed by atoms with Gasteiger partial charge in [-0.2, -0.15) is 0 Å². The van der Waals surface area contributed by atoms with Crippen molar-refractivity contribution >= 4 is 23.4 Å². The van der Waals surface area contributed by atoms with E-state index in [1.54, 1.807) is 24.3 Å². The first-order valence-electron chi connectivity index (χ1n) is 7.23. The smallest absolute Gasteiger partial charge is 0.258 e. The number of carbonyl (C=O) groups is 2. The predicted octanol–water partition coefficient (Wildman–Crippen LogP) is 2.12. The number of halogens is 1. The third-order valence-corrected chi connectivity index (χ3v) is 4.05. The summed E-state index contributed by atoms with van der Waals surface area (Å²) in [6.07, 6.45) is 0. The average Bonchev–Trinajstić information content (AvgIpc) is 2.90. The molecular formula is C17H16ClN3O2. The van der Waals surface area contributed by atoms with Gasteiger partial charge in [-0.3, -0.25) is 15.0 Å². The molecule has 0 spiro atoms. The molecule has 0 unspecified atom stereocenters. The Morgan fingerprint density at radius 1 is 1.09 bits per heavy atom. The molecule has 0 bridgehead atoms. The number of hydrazine groups is 1. The van der Waals surface area contributed by atoms with Gasteiger partial charge in [-0.15, -0.1) is 0 Å². The summed E-state index contributed by atoms with van der Waals surface area (Å²) >= 11 is 5.89. The molecule has 0 saturated carbocycles. The average molecular weight is 330 g/mol. The second-order valence-corrected chi connectivity index (χ2v) is 5.92. The van der Waals surface area contributed by atoms with Gasteiger partial charge in [0.1, 0.15) is 6.04 Å². The summed E-state index contributed by atoms with van der Waals surface area (Å²) in [7, 11) is 0. The molecule has 1 aliphatic heterocycles. The normalized spacial score (nSPS) is 20.2. The van der Waals surface area contributed by atoms with E-state index in [4.69, 9.17) is 11.6 Å². The lowest BCUT2D eigenvalue weighted by atomic mass is 10.0. The first kappa shape index (κ1) is 15.5. The fraction of sp³-hybridized carbons (Fsp3) is 0.176. The van der Waals surface area contributed by atoms with E-state index in [-0.39, 0.29) is 17.9 Å². The second-order valence-electron chi connectivity index (χ2n) is 5.48. The van der Waals surface area contributed by atoms with Gasteiger partial charge in [0, 0.05) is 10.6 Å². The van der Waals surface area contributed by atoms with Crippen molar-refractivity contribution in [2.45, 2.75) is 19.0 Å². The van der Waals surface area contributed by atoms with E-state index < -0.39 is 6.04 Å². The van der Waals surface area contributed by atoms with Crippen molar-refractivity contribution in [3.05, 3.63) is 70.2 Å². The molecule has 2 aromatic rings. The lowest BCUT2D eigenvalue weighted by Crippen LogP contribution is -2.42. The van der Waals surface area contributed by atoms with E-state index in [1.807, 2.05) is 31.2 Å². The molecule has 3 rings (SSSR count). The lowest BCUT2D eigenvalue weighted by molar-refractivity contribution is -0.121. The van der Waals surface area contributed by atoms with E-state index in [1.165, 1.54) is 0 Å². The molecular weight excluding hydrogens is 314 g/mol. The van der Waals surface area contributed by atoms with Crippen LogP contribution in [0.2, 0.25) is 5.02 Å². The molecule has 1 aliphatic rings. The van der Waals surface area contributed by atoms with Gasteiger partial charge in [0.05, 0.1) is 6.04 Å². The lowest BCUT2D eigenvalue weighted by Gasteiger charge is -2.18. The predicted molar refractivity (Wildman–Crippen MR) is 87.9 cm³/mol. The molecule has 23 heavy (non-hydrogen) atoms. The highest BCUT2D eigenvalue weighted by Gasteiger charge is 2.36. The summed E-state index contributed by atoms with van der Waals surface area (Å²) in [5.74, 6) is -0.557. The molecule has 0 aromatic heterocycles. The minimum absolute atomic E-state index is 0.273. The molecule has 6 heteroatoms. The Kier molecular flexibility index (Phi) is 4.32. The Labute approximate surface area is 139 Å². The van der Waals surface area contributed by atoms with Crippen molar-refractivity contribution in [2.24, 2.45) is 0 Å². The van der Waals surface area contributed by atoms with Crippen LogP contribution in [0.15, 0.2) is 48.5 Å². The largest absolute Gasteiger partial charge is 0.338 e. The molecule has 0 aliphatic carbocycles. The number of benzene rings is 2. The van der Waals surface area contributed by atoms with Crippen LogP contribution in [0.1, 0.15) is 27.5 Å². The molecule has 2 amide bonds. The molecule has 5 nitrogen and oxygen atoms in total. The van der Waals surface area contributed by atoms with Crippen LogP contribution in [0.5, 0.6) is 0 Å². The number of rotatable bonds is 3. The van der Waals surface area contributed by atoms with Crippen LogP contribution in [-0.4, -0.2) is 17.9 Å².